The molecule has 0 aliphatic carbocycles. The number of nitrogens with zero attached hydrogens (tertiary/aromatic N) is 1. The Labute approximate surface area is 206 Å². The first-order chi connectivity index (χ1) is 16.6. The Morgan fingerprint density at radius 1 is 1.17 bits per heavy atom. The lowest BCUT2D eigenvalue weighted by atomic mass is 9.62. The maximum Gasteiger partial charge on any atom is 0.341 e. The van der Waals surface area contributed by atoms with E-state index in [1.807, 2.05) is 24.3 Å². The van der Waals surface area contributed by atoms with Gasteiger partial charge in [-0.25, -0.2) is 9.18 Å². The highest BCUT2D eigenvalue weighted by atomic mass is 19.1. The van der Waals surface area contributed by atoms with Crippen molar-refractivity contribution in [2.45, 2.75) is 57.9 Å². The summed E-state index contributed by atoms with van der Waals surface area (Å²) < 4.78 is 19.1. The molecule has 2 fully saturated rings. The summed E-state index contributed by atoms with van der Waals surface area (Å²) in [4.78, 5) is 25.8. The van der Waals surface area contributed by atoms with Crippen molar-refractivity contribution >= 4 is 11.9 Å². The zero-order valence-corrected chi connectivity index (χ0v) is 20.8. The summed E-state index contributed by atoms with van der Waals surface area (Å²) in [5.41, 5.74) is 3.04. The third kappa shape index (κ3) is 5.84. The Balaban J connectivity index is 1.52. The van der Waals surface area contributed by atoms with Gasteiger partial charge in [-0.3, -0.25) is 9.69 Å². The molecule has 2 aromatic carbocycles. The second-order valence-corrected chi connectivity index (χ2v) is 11.0. The molecule has 0 bridgehead atoms. The lowest BCUT2D eigenvalue weighted by molar-refractivity contribution is -0.139. The molecule has 2 saturated heterocycles. The quantitative estimate of drug-likeness (QED) is 0.635. The second kappa shape index (κ2) is 9.97. The van der Waals surface area contributed by atoms with E-state index >= 15 is 0 Å². The highest BCUT2D eigenvalue weighted by molar-refractivity contribution is 5.78. The van der Waals surface area contributed by atoms with Gasteiger partial charge in [0.2, 0.25) is 5.91 Å². The molecule has 2 aliphatic rings. The fourth-order valence-corrected chi connectivity index (χ4v) is 5.48. The molecule has 4 rings (SSSR count). The highest BCUT2D eigenvalue weighted by Crippen LogP contribution is 2.49. The van der Waals surface area contributed by atoms with E-state index in [1.54, 1.807) is 0 Å². The van der Waals surface area contributed by atoms with E-state index < -0.39 is 5.97 Å². The molecule has 35 heavy (non-hydrogen) atoms. The van der Waals surface area contributed by atoms with Crippen LogP contribution in [0.5, 0.6) is 5.75 Å². The van der Waals surface area contributed by atoms with E-state index in [2.05, 4.69) is 37.1 Å². The maximum absolute atomic E-state index is 13.5. The average Bonchev–Trinajstić information content (AvgIpc) is 2.80. The molecule has 1 amide bonds. The number of piperidine rings is 2. The molecule has 188 valence electrons. The summed E-state index contributed by atoms with van der Waals surface area (Å²) in [6.07, 6.45) is 2.22. The molecule has 2 N–H and O–H groups in total. The van der Waals surface area contributed by atoms with Crippen molar-refractivity contribution in [1.29, 1.82) is 0 Å². The fraction of sp³-hybridized carbons (Fsp3) is 0.500. The Hall–Kier alpha value is -2.93. The van der Waals surface area contributed by atoms with E-state index in [0.717, 1.165) is 37.1 Å². The van der Waals surface area contributed by atoms with Gasteiger partial charge in [0.05, 0.1) is 0 Å². The number of hydrogen-bond acceptors (Lipinski definition) is 4. The number of likely N-dealkylation sites (tertiary alicyclic amines) is 1. The maximum atomic E-state index is 13.5. The number of nitrogens with one attached hydrogen (secondary N) is 1. The van der Waals surface area contributed by atoms with Gasteiger partial charge in [-0.15, -0.1) is 0 Å². The summed E-state index contributed by atoms with van der Waals surface area (Å²) >= 11 is 0. The molecule has 0 unspecified atom stereocenters. The lowest BCUT2D eigenvalue weighted by Crippen LogP contribution is -2.51. The van der Waals surface area contributed by atoms with Gasteiger partial charge >= 0.3 is 5.97 Å². The van der Waals surface area contributed by atoms with E-state index in [0.29, 0.717) is 25.3 Å². The normalized spacial score (nSPS) is 20.5. The summed E-state index contributed by atoms with van der Waals surface area (Å²) in [6.45, 7) is 8.95. The van der Waals surface area contributed by atoms with Crippen LogP contribution in [0.15, 0.2) is 42.5 Å². The number of carbonyl (C=O) groups is 2. The molecule has 2 aliphatic heterocycles. The third-order valence-electron chi connectivity index (χ3n) is 7.55. The molecule has 7 heteroatoms. The number of carboxylic acid groups (broad SMARTS) is 1. The van der Waals surface area contributed by atoms with E-state index in [4.69, 9.17) is 9.84 Å². The van der Waals surface area contributed by atoms with Gasteiger partial charge in [0, 0.05) is 31.0 Å². The highest BCUT2D eigenvalue weighted by Gasteiger charge is 2.46. The smallest absolute Gasteiger partial charge is 0.341 e. The van der Waals surface area contributed by atoms with Crippen LogP contribution in [-0.4, -0.2) is 48.1 Å². The number of ether oxygens (including phenoxy) is 1. The molecule has 0 saturated carbocycles. The Kier molecular flexibility index (Phi) is 7.17. The minimum atomic E-state index is -1.00. The van der Waals surface area contributed by atoms with Gasteiger partial charge in [-0.05, 0) is 66.1 Å². The Morgan fingerprint density at radius 2 is 1.86 bits per heavy atom. The van der Waals surface area contributed by atoms with Gasteiger partial charge in [0.15, 0.2) is 6.61 Å². The van der Waals surface area contributed by atoms with E-state index in [1.165, 1.54) is 17.7 Å². The van der Waals surface area contributed by atoms with Crippen molar-refractivity contribution < 1.29 is 23.8 Å². The van der Waals surface area contributed by atoms with Crippen molar-refractivity contribution in [3.63, 3.8) is 0 Å². The minimum absolute atomic E-state index is 0.0378. The summed E-state index contributed by atoms with van der Waals surface area (Å²) in [5, 5.41) is 12.1. The van der Waals surface area contributed by atoms with Crippen molar-refractivity contribution in [3.8, 4) is 5.75 Å². The minimum Gasteiger partial charge on any atom is -0.482 e. The van der Waals surface area contributed by atoms with E-state index in [-0.39, 0.29) is 35.1 Å². The van der Waals surface area contributed by atoms with Crippen LogP contribution in [0.4, 0.5) is 4.39 Å². The number of carboxylic acids is 1. The van der Waals surface area contributed by atoms with Crippen molar-refractivity contribution in [2.24, 2.45) is 5.41 Å². The molecule has 1 atom stereocenters. The monoisotopic (exact) mass is 482 g/mol. The second-order valence-electron chi connectivity index (χ2n) is 11.0. The first-order valence-corrected chi connectivity index (χ1v) is 12.3. The van der Waals surface area contributed by atoms with Crippen LogP contribution in [0.2, 0.25) is 0 Å². The molecule has 2 heterocycles. The standard InChI is InChI=1S/C28H35FN2O4/c1-27(2,3)21-6-9-24(35-18-26(33)34)20(14-21)17-31-12-10-28(11-13-31)15-25(32)30-16-23(28)19-4-7-22(29)8-5-19/h4-9,14,23H,10-13,15-18H2,1-3H3,(H,30,32)(H,33,34)/t23-/m1/s1. The molecule has 0 radical (unpaired) electrons. The Morgan fingerprint density at radius 3 is 2.49 bits per heavy atom. The first-order valence-electron chi connectivity index (χ1n) is 12.3. The number of amides is 1. The van der Waals surface area contributed by atoms with E-state index in [9.17, 15) is 14.0 Å². The average molecular weight is 483 g/mol. The third-order valence-corrected chi connectivity index (χ3v) is 7.55. The van der Waals surface area contributed by atoms with Gasteiger partial charge in [0.1, 0.15) is 11.6 Å². The first kappa shape index (κ1) is 25.2. The van der Waals surface area contributed by atoms with Crippen LogP contribution in [0, 0.1) is 11.2 Å². The van der Waals surface area contributed by atoms with Gasteiger partial charge in [-0.2, -0.15) is 0 Å². The molecule has 1 spiro atoms. The summed E-state index contributed by atoms with van der Waals surface area (Å²) in [7, 11) is 0. The van der Waals surface area contributed by atoms with Crippen LogP contribution in [0.3, 0.4) is 0 Å². The van der Waals surface area contributed by atoms with Crippen molar-refractivity contribution in [3.05, 3.63) is 65.0 Å². The SMILES string of the molecule is CC(C)(C)c1ccc(OCC(=O)O)c(CN2CCC3(CC2)CC(=O)NC[C@@H]3c2ccc(F)cc2)c1. The fourth-order valence-electron chi connectivity index (χ4n) is 5.48. The van der Waals surface area contributed by atoms with Gasteiger partial charge < -0.3 is 15.2 Å². The summed E-state index contributed by atoms with van der Waals surface area (Å²) in [6, 6.07) is 12.7. The Bertz CT molecular complexity index is 1070. The molecule has 6 nitrogen and oxygen atoms in total. The lowest BCUT2D eigenvalue weighted by Gasteiger charge is -2.49. The van der Waals surface area contributed by atoms with Crippen LogP contribution >= 0.6 is 0 Å². The zero-order chi connectivity index (χ0) is 25.2. The van der Waals surface area contributed by atoms with Crippen LogP contribution < -0.4 is 10.1 Å². The predicted molar refractivity (Wildman–Crippen MR) is 132 cm³/mol. The summed E-state index contributed by atoms with van der Waals surface area (Å²) in [5.74, 6) is -0.420. The molecule has 2 aromatic rings. The topological polar surface area (TPSA) is 78.9 Å². The molecular formula is C28H35FN2O4. The number of carbonyl (C=O) groups excluding carboxylic acids is 1. The largest absolute Gasteiger partial charge is 0.482 e. The number of rotatable bonds is 6. The van der Waals surface area contributed by atoms with Crippen LogP contribution in [0.1, 0.15) is 62.6 Å². The van der Waals surface area contributed by atoms with Gasteiger partial charge in [-0.1, -0.05) is 45.0 Å². The van der Waals surface area contributed by atoms with Crippen molar-refractivity contribution in [1.82, 2.24) is 10.2 Å². The van der Waals surface area contributed by atoms with Gasteiger partial charge in [0.25, 0.3) is 0 Å². The van der Waals surface area contributed by atoms with Crippen LogP contribution in [0.25, 0.3) is 0 Å². The number of aliphatic carboxylic acids is 1. The number of hydrogen-bond donors (Lipinski definition) is 2. The van der Waals surface area contributed by atoms with Crippen LogP contribution in [-0.2, 0) is 21.5 Å². The molecular weight excluding hydrogens is 447 g/mol. The molecule has 0 aromatic heterocycles. The predicted octanol–water partition coefficient (Wildman–Crippen LogP) is 4.47. The number of benzene rings is 2. The zero-order valence-electron chi connectivity index (χ0n) is 20.8. The number of halogens is 1. The van der Waals surface area contributed by atoms with Crippen molar-refractivity contribution in [2.75, 3.05) is 26.2 Å².